The molecular weight excluding hydrogens is 260 g/mol. The third kappa shape index (κ3) is 3.00. The maximum atomic E-state index is 11.2. The molecule has 2 rings (SSSR count). The van der Waals surface area contributed by atoms with Crippen molar-refractivity contribution in [2.24, 2.45) is 0 Å². The van der Waals surface area contributed by atoms with Gasteiger partial charge in [-0.2, -0.15) is 4.98 Å². The molecule has 1 aromatic carbocycles. The molecule has 0 saturated heterocycles. The number of rotatable bonds is 5. The molecule has 0 radical (unpaired) electrons. The van der Waals surface area contributed by atoms with E-state index in [9.17, 15) is 10.1 Å². The fourth-order valence-corrected chi connectivity index (χ4v) is 1.72. The highest BCUT2D eigenvalue weighted by atomic mass is 16.6. The smallest absolute Gasteiger partial charge is 0.373 e. The molecule has 0 bridgehead atoms. The highest BCUT2D eigenvalue weighted by Gasteiger charge is 2.24. The summed E-state index contributed by atoms with van der Waals surface area (Å²) in [6.07, 6.45) is 1.23. The summed E-state index contributed by atoms with van der Waals surface area (Å²) in [7, 11) is 0. The van der Waals surface area contributed by atoms with E-state index in [1.807, 2.05) is 25.1 Å². The van der Waals surface area contributed by atoms with Crippen LogP contribution in [0, 0.1) is 17.0 Å². The molecule has 7 heteroatoms. The molecule has 0 amide bonds. The van der Waals surface area contributed by atoms with E-state index >= 15 is 0 Å². The molecule has 0 spiro atoms. The van der Waals surface area contributed by atoms with Crippen LogP contribution in [-0.2, 0) is 0 Å². The Hall–Kier alpha value is -2.70. The van der Waals surface area contributed by atoms with Crippen LogP contribution in [0.1, 0.15) is 12.5 Å². The fraction of sp³-hybridized carbons (Fsp3) is 0.231. The van der Waals surface area contributed by atoms with Crippen molar-refractivity contribution in [3.63, 3.8) is 0 Å². The molecule has 2 aromatic rings. The van der Waals surface area contributed by atoms with Gasteiger partial charge < -0.3 is 10.1 Å². The molecule has 0 aliphatic carbocycles. The average molecular weight is 274 g/mol. The van der Waals surface area contributed by atoms with Crippen LogP contribution in [-0.4, -0.2) is 21.5 Å². The van der Waals surface area contributed by atoms with Crippen LogP contribution in [0.25, 0.3) is 0 Å². The molecule has 0 unspecified atom stereocenters. The van der Waals surface area contributed by atoms with Gasteiger partial charge in [-0.15, -0.1) is 0 Å². The van der Waals surface area contributed by atoms with E-state index in [4.69, 9.17) is 4.74 Å². The standard InChI is InChI=1S/C13H14N4O3/c1-3-20-13-11(17(18)19)12(14-8-15-13)16-10-6-4-5-9(2)7-10/h4-8H,3H2,1-2H3,(H,14,15,16). The largest absolute Gasteiger partial charge is 0.473 e. The van der Waals surface area contributed by atoms with E-state index in [0.29, 0.717) is 12.3 Å². The van der Waals surface area contributed by atoms with Crippen LogP contribution in [0.3, 0.4) is 0 Å². The van der Waals surface area contributed by atoms with Gasteiger partial charge in [0.25, 0.3) is 5.88 Å². The minimum absolute atomic E-state index is 0.0392. The second kappa shape index (κ2) is 5.96. The lowest BCUT2D eigenvalue weighted by molar-refractivity contribution is -0.385. The Labute approximate surface area is 115 Å². The van der Waals surface area contributed by atoms with Gasteiger partial charge in [-0.05, 0) is 31.5 Å². The van der Waals surface area contributed by atoms with Crippen molar-refractivity contribution in [3.05, 3.63) is 46.3 Å². The maximum Gasteiger partial charge on any atom is 0.373 e. The highest BCUT2D eigenvalue weighted by Crippen LogP contribution is 2.32. The van der Waals surface area contributed by atoms with Gasteiger partial charge in [-0.3, -0.25) is 10.1 Å². The van der Waals surface area contributed by atoms with Crippen LogP contribution in [0.4, 0.5) is 17.2 Å². The first-order valence-electron chi connectivity index (χ1n) is 6.07. The summed E-state index contributed by atoms with van der Waals surface area (Å²) in [4.78, 5) is 18.3. The Morgan fingerprint density at radius 3 is 2.85 bits per heavy atom. The van der Waals surface area contributed by atoms with Crippen molar-refractivity contribution in [3.8, 4) is 5.88 Å². The molecule has 0 aliphatic heterocycles. The van der Waals surface area contributed by atoms with Crippen LogP contribution in [0.15, 0.2) is 30.6 Å². The number of aromatic nitrogens is 2. The molecule has 0 saturated carbocycles. The highest BCUT2D eigenvalue weighted by molar-refractivity contribution is 5.68. The number of aryl methyl sites for hydroxylation is 1. The minimum Gasteiger partial charge on any atom is -0.473 e. The Balaban J connectivity index is 2.40. The predicted octanol–water partition coefficient (Wildman–Crippen LogP) is 2.84. The molecular formula is C13H14N4O3. The fourth-order valence-electron chi connectivity index (χ4n) is 1.72. The monoisotopic (exact) mass is 274 g/mol. The SMILES string of the molecule is CCOc1ncnc(Nc2cccc(C)c2)c1[N+](=O)[O-]. The van der Waals surface area contributed by atoms with E-state index in [1.165, 1.54) is 6.33 Å². The average Bonchev–Trinajstić information content (AvgIpc) is 2.39. The van der Waals surface area contributed by atoms with Gasteiger partial charge in [-0.1, -0.05) is 12.1 Å². The third-order valence-corrected chi connectivity index (χ3v) is 2.53. The zero-order chi connectivity index (χ0) is 14.5. The summed E-state index contributed by atoms with van der Waals surface area (Å²) < 4.78 is 5.17. The van der Waals surface area contributed by atoms with Crippen LogP contribution < -0.4 is 10.1 Å². The summed E-state index contributed by atoms with van der Waals surface area (Å²) >= 11 is 0. The molecule has 1 aromatic heterocycles. The number of hydrogen-bond donors (Lipinski definition) is 1. The normalized spacial score (nSPS) is 10.1. The van der Waals surface area contributed by atoms with Crippen molar-refractivity contribution >= 4 is 17.2 Å². The van der Waals surface area contributed by atoms with Gasteiger partial charge in [-0.25, -0.2) is 4.98 Å². The Morgan fingerprint density at radius 1 is 1.40 bits per heavy atom. The van der Waals surface area contributed by atoms with Crippen molar-refractivity contribution in [1.82, 2.24) is 9.97 Å². The van der Waals surface area contributed by atoms with Crippen molar-refractivity contribution in [2.45, 2.75) is 13.8 Å². The lowest BCUT2D eigenvalue weighted by atomic mass is 10.2. The second-order valence-electron chi connectivity index (χ2n) is 4.06. The van der Waals surface area contributed by atoms with E-state index in [1.54, 1.807) is 13.0 Å². The van der Waals surface area contributed by atoms with E-state index in [2.05, 4.69) is 15.3 Å². The summed E-state index contributed by atoms with van der Waals surface area (Å²) in [5.74, 6) is 0.0710. The van der Waals surface area contributed by atoms with Crippen molar-refractivity contribution < 1.29 is 9.66 Å². The van der Waals surface area contributed by atoms with Crippen molar-refractivity contribution in [2.75, 3.05) is 11.9 Å². The Morgan fingerprint density at radius 2 is 2.20 bits per heavy atom. The van der Waals surface area contributed by atoms with E-state index < -0.39 is 4.92 Å². The quantitative estimate of drug-likeness (QED) is 0.666. The number of nitro groups is 1. The van der Waals surface area contributed by atoms with Gasteiger partial charge in [0.1, 0.15) is 6.33 Å². The summed E-state index contributed by atoms with van der Waals surface area (Å²) in [5.41, 5.74) is 1.49. The van der Waals surface area contributed by atoms with Crippen LogP contribution in [0.5, 0.6) is 5.88 Å². The molecule has 104 valence electrons. The van der Waals surface area contributed by atoms with E-state index in [-0.39, 0.29) is 17.4 Å². The lowest BCUT2D eigenvalue weighted by Gasteiger charge is -2.08. The number of nitrogens with one attached hydrogen (secondary N) is 1. The first-order chi connectivity index (χ1) is 9.61. The van der Waals surface area contributed by atoms with Crippen LogP contribution in [0.2, 0.25) is 0 Å². The van der Waals surface area contributed by atoms with Crippen LogP contribution >= 0.6 is 0 Å². The molecule has 20 heavy (non-hydrogen) atoms. The zero-order valence-corrected chi connectivity index (χ0v) is 11.2. The topological polar surface area (TPSA) is 90.2 Å². The summed E-state index contributed by atoms with van der Waals surface area (Å²) in [5, 5.41) is 14.1. The number of hydrogen-bond acceptors (Lipinski definition) is 6. The van der Waals surface area contributed by atoms with Gasteiger partial charge in [0.15, 0.2) is 0 Å². The van der Waals surface area contributed by atoms with Gasteiger partial charge in [0, 0.05) is 5.69 Å². The summed E-state index contributed by atoms with van der Waals surface area (Å²) in [6, 6.07) is 7.46. The third-order valence-electron chi connectivity index (χ3n) is 2.53. The number of nitrogens with zero attached hydrogens (tertiary/aromatic N) is 3. The zero-order valence-electron chi connectivity index (χ0n) is 11.2. The molecule has 0 fully saturated rings. The molecule has 7 nitrogen and oxygen atoms in total. The molecule has 1 heterocycles. The Bertz CT molecular complexity index is 631. The first kappa shape index (κ1) is 13.7. The maximum absolute atomic E-state index is 11.2. The number of anilines is 2. The second-order valence-corrected chi connectivity index (χ2v) is 4.06. The predicted molar refractivity (Wildman–Crippen MR) is 74.3 cm³/mol. The molecule has 0 atom stereocenters. The Kier molecular flexibility index (Phi) is 4.09. The van der Waals surface area contributed by atoms with Gasteiger partial charge in [0.05, 0.1) is 11.5 Å². The molecule has 0 aliphatic rings. The summed E-state index contributed by atoms with van der Waals surface area (Å²) in [6.45, 7) is 3.96. The van der Waals surface area contributed by atoms with E-state index in [0.717, 1.165) is 5.56 Å². The molecule has 1 N–H and O–H groups in total. The minimum atomic E-state index is -0.552. The number of benzene rings is 1. The van der Waals surface area contributed by atoms with Gasteiger partial charge >= 0.3 is 5.69 Å². The first-order valence-corrected chi connectivity index (χ1v) is 6.07. The number of ether oxygens (including phenoxy) is 1. The van der Waals surface area contributed by atoms with Crippen molar-refractivity contribution in [1.29, 1.82) is 0 Å². The lowest BCUT2D eigenvalue weighted by Crippen LogP contribution is -2.05. The van der Waals surface area contributed by atoms with Gasteiger partial charge in [0.2, 0.25) is 5.82 Å².